The van der Waals surface area contributed by atoms with E-state index < -0.39 is 0 Å². The minimum absolute atomic E-state index is 0.0201. The Morgan fingerprint density at radius 2 is 1.79 bits per heavy atom. The van der Waals surface area contributed by atoms with Crippen LogP contribution in [0.25, 0.3) is 0 Å². The van der Waals surface area contributed by atoms with Crippen LogP contribution in [-0.2, 0) is 11.2 Å². The van der Waals surface area contributed by atoms with Crippen LogP contribution < -0.4 is 10.2 Å². The molecule has 0 bridgehead atoms. The maximum Gasteiger partial charge on any atom is 0.223 e. The zero-order valence-electron chi connectivity index (χ0n) is 14.3. The van der Waals surface area contributed by atoms with Gasteiger partial charge in [0.15, 0.2) is 0 Å². The molecule has 3 rings (SSSR count). The molecule has 2 aromatic carbocycles. The van der Waals surface area contributed by atoms with Gasteiger partial charge in [0.1, 0.15) is 0 Å². The normalized spacial score (nSPS) is 18.4. The average molecular weight is 322 g/mol. The van der Waals surface area contributed by atoms with E-state index in [9.17, 15) is 4.79 Å². The van der Waals surface area contributed by atoms with Crippen molar-refractivity contribution >= 4 is 11.6 Å². The van der Waals surface area contributed by atoms with Crippen molar-refractivity contribution < 1.29 is 4.79 Å². The molecule has 0 spiro atoms. The van der Waals surface area contributed by atoms with Gasteiger partial charge in [-0.1, -0.05) is 48.5 Å². The number of nitrogens with one attached hydrogen (secondary N) is 1. The number of benzene rings is 2. The molecule has 3 heteroatoms. The number of hydrogen-bond donors (Lipinski definition) is 1. The number of carbonyl (C=O) groups is 1. The highest BCUT2D eigenvalue weighted by molar-refractivity contribution is 5.78. The topological polar surface area (TPSA) is 32.3 Å². The Balaban J connectivity index is 1.73. The Morgan fingerprint density at radius 1 is 1.12 bits per heavy atom. The van der Waals surface area contributed by atoms with Crippen LogP contribution in [-0.4, -0.2) is 25.5 Å². The summed E-state index contributed by atoms with van der Waals surface area (Å²) in [5, 5.41) is 2.86. The van der Waals surface area contributed by atoms with E-state index in [-0.39, 0.29) is 11.8 Å². The van der Waals surface area contributed by atoms with Gasteiger partial charge in [0, 0.05) is 31.2 Å². The molecule has 126 valence electrons. The number of nitrogens with zero attached hydrogens (tertiary/aromatic N) is 1. The van der Waals surface area contributed by atoms with Crippen LogP contribution in [0, 0.1) is 5.92 Å². The van der Waals surface area contributed by atoms with Crippen molar-refractivity contribution in [2.24, 2.45) is 5.92 Å². The van der Waals surface area contributed by atoms with Gasteiger partial charge in [0.05, 0.1) is 0 Å². The Labute approximate surface area is 144 Å². The fourth-order valence-corrected chi connectivity index (χ4v) is 3.75. The Bertz CT molecular complexity index is 641. The first-order chi connectivity index (χ1) is 11.8. The summed E-state index contributed by atoms with van der Waals surface area (Å²) in [6, 6.07) is 21.3. The first-order valence-electron chi connectivity index (χ1n) is 8.85. The first kappa shape index (κ1) is 16.6. The van der Waals surface area contributed by atoms with E-state index in [1.165, 1.54) is 17.7 Å². The molecule has 24 heavy (non-hydrogen) atoms. The van der Waals surface area contributed by atoms with Gasteiger partial charge in [0.2, 0.25) is 5.91 Å². The van der Waals surface area contributed by atoms with E-state index in [0.717, 1.165) is 25.8 Å². The van der Waals surface area contributed by atoms with Crippen LogP contribution in [0.4, 0.5) is 5.69 Å². The fourth-order valence-electron chi connectivity index (χ4n) is 3.75. The lowest BCUT2D eigenvalue weighted by molar-refractivity contribution is -0.124. The van der Waals surface area contributed by atoms with Gasteiger partial charge < -0.3 is 10.2 Å². The van der Waals surface area contributed by atoms with Crippen LogP contribution in [0.2, 0.25) is 0 Å². The molecule has 1 saturated heterocycles. The van der Waals surface area contributed by atoms with Gasteiger partial charge in [-0.25, -0.2) is 0 Å². The predicted molar refractivity (Wildman–Crippen MR) is 99.1 cm³/mol. The van der Waals surface area contributed by atoms with Crippen molar-refractivity contribution in [1.82, 2.24) is 5.32 Å². The lowest BCUT2D eigenvalue weighted by Crippen LogP contribution is -2.36. The zero-order valence-corrected chi connectivity index (χ0v) is 14.3. The molecule has 0 saturated carbocycles. The molecule has 1 heterocycles. The molecule has 1 aliphatic rings. The minimum Gasteiger partial charge on any atom is -0.369 e. The monoisotopic (exact) mass is 322 g/mol. The molecule has 1 amide bonds. The number of rotatable bonds is 6. The highest BCUT2D eigenvalue weighted by Gasteiger charge is 2.30. The second-order valence-electron chi connectivity index (χ2n) is 6.56. The second-order valence-corrected chi connectivity index (χ2v) is 6.56. The second kappa shape index (κ2) is 8.00. The zero-order chi connectivity index (χ0) is 16.8. The van der Waals surface area contributed by atoms with Gasteiger partial charge in [-0.05, 0) is 43.4 Å². The van der Waals surface area contributed by atoms with Crippen LogP contribution in [0.5, 0.6) is 0 Å². The van der Waals surface area contributed by atoms with Gasteiger partial charge in [0.25, 0.3) is 0 Å². The first-order valence-corrected chi connectivity index (χ1v) is 8.85. The van der Waals surface area contributed by atoms with Crippen LogP contribution in [0.3, 0.4) is 0 Å². The third-order valence-electron chi connectivity index (χ3n) is 4.96. The van der Waals surface area contributed by atoms with Crippen molar-refractivity contribution in [2.45, 2.75) is 31.7 Å². The summed E-state index contributed by atoms with van der Waals surface area (Å²) in [6.45, 7) is 1.08. The van der Waals surface area contributed by atoms with Crippen molar-refractivity contribution in [3.05, 3.63) is 66.2 Å². The Morgan fingerprint density at radius 3 is 2.46 bits per heavy atom. The summed E-state index contributed by atoms with van der Waals surface area (Å²) in [4.78, 5) is 14.9. The summed E-state index contributed by atoms with van der Waals surface area (Å²) < 4.78 is 0. The van der Waals surface area contributed by atoms with Gasteiger partial charge in [-0.2, -0.15) is 0 Å². The highest BCUT2D eigenvalue weighted by atomic mass is 16.1. The van der Waals surface area contributed by atoms with Gasteiger partial charge in [-0.15, -0.1) is 0 Å². The number of carbonyl (C=O) groups excluding carboxylic acids is 1. The molecule has 2 atom stereocenters. The number of amides is 1. The van der Waals surface area contributed by atoms with Gasteiger partial charge >= 0.3 is 0 Å². The Hall–Kier alpha value is -2.29. The average Bonchev–Trinajstić information content (AvgIpc) is 3.10. The molecule has 0 aromatic heterocycles. The number of anilines is 1. The lowest BCUT2D eigenvalue weighted by Gasteiger charge is -2.29. The fraction of sp³-hybridized carbons (Fsp3) is 0.381. The molecule has 0 radical (unpaired) electrons. The molecular weight excluding hydrogens is 296 g/mol. The molecule has 0 aliphatic carbocycles. The maximum atomic E-state index is 12.4. The van der Waals surface area contributed by atoms with Crippen LogP contribution in [0.1, 0.15) is 24.8 Å². The van der Waals surface area contributed by atoms with E-state index >= 15 is 0 Å². The van der Waals surface area contributed by atoms with E-state index in [2.05, 4.69) is 52.7 Å². The van der Waals surface area contributed by atoms with E-state index in [4.69, 9.17) is 0 Å². The SMILES string of the molecule is CNC(=O)C(Cc1ccccc1)CC1CCCN1c1ccccc1. The largest absolute Gasteiger partial charge is 0.369 e. The van der Waals surface area contributed by atoms with Crippen LogP contribution >= 0.6 is 0 Å². The maximum absolute atomic E-state index is 12.4. The van der Waals surface area contributed by atoms with Gasteiger partial charge in [-0.3, -0.25) is 4.79 Å². The number of para-hydroxylation sites is 1. The summed E-state index contributed by atoms with van der Waals surface area (Å²) in [5.74, 6) is 0.172. The standard InChI is InChI=1S/C21H26N2O/c1-22-21(24)18(15-17-9-4-2-5-10-17)16-20-13-8-14-23(20)19-11-6-3-7-12-19/h2-7,9-12,18,20H,8,13-16H2,1H3,(H,22,24). The van der Waals surface area contributed by atoms with E-state index in [1.807, 2.05) is 18.2 Å². The van der Waals surface area contributed by atoms with E-state index in [0.29, 0.717) is 6.04 Å². The smallest absolute Gasteiger partial charge is 0.223 e. The predicted octanol–water partition coefficient (Wildman–Crippen LogP) is 3.65. The van der Waals surface area contributed by atoms with Crippen LogP contribution in [0.15, 0.2) is 60.7 Å². The van der Waals surface area contributed by atoms with Crippen molar-refractivity contribution in [2.75, 3.05) is 18.5 Å². The number of hydrogen-bond acceptors (Lipinski definition) is 2. The van der Waals surface area contributed by atoms with E-state index in [1.54, 1.807) is 7.05 Å². The molecule has 3 nitrogen and oxygen atoms in total. The lowest BCUT2D eigenvalue weighted by atomic mass is 9.91. The molecule has 1 N–H and O–H groups in total. The molecule has 2 aromatic rings. The third kappa shape index (κ3) is 3.97. The molecule has 2 unspecified atom stereocenters. The highest BCUT2D eigenvalue weighted by Crippen LogP contribution is 2.30. The molecular formula is C21H26N2O. The summed E-state index contributed by atoms with van der Waals surface area (Å²) >= 11 is 0. The third-order valence-corrected chi connectivity index (χ3v) is 4.96. The van der Waals surface area contributed by atoms with Crippen molar-refractivity contribution in [3.63, 3.8) is 0 Å². The summed E-state index contributed by atoms with van der Waals surface area (Å²) in [6.07, 6.45) is 4.08. The molecule has 1 fully saturated rings. The quantitative estimate of drug-likeness (QED) is 0.880. The minimum atomic E-state index is 0.0201. The summed E-state index contributed by atoms with van der Waals surface area (Å²) in [7, 11) is 1.74. The summed E-state index contributed by atoms with van der Waals surface area (Å²) in [5.41, 5.74) is 2.51. The van der Waals surface area contributed by atoms with Crippen molar-refractivity contribution in [3.8, 4) is 0 Å². The Kier molecular flexibility index (Phi) is 5.52. The molecule has 1 aliphatic heterocycles. The van der Waals surface area contributed by atoms with Crippen molar-refractivity contribution in [1.29, 1.82) is 0 Å².